The van der Waals surface area contributed by atoms with Crippen molar-refractivity contribution < 1.29 is 14.0 Å². The first kappa shape index (κ1) is 11.0. The number of fused-ring (bicyclic) bond motifs is 1. The molecule has 0 aromatic carbocycles. The molecule has 3 fully saturated rings. The molecule has 2 heterocycles. The number of carbonyl (C=O) groups excluding carboxylic acids is 2. The van der Waals surface area contributed by atoms with Gasteiger partial charge in [-0.2, -0.15) is 0 Å². The van der Waals surface area contributed by atoms with Gasteiger partial charge in [-0.15, -0.1) is 0 Å². The summed E-state index contributed by atoms with van der Waals surface area (Å²) >= 11 is 0. The van der Waals surface area contributed by atoms with Crippen LogP contribution in [0.4, 0.5) is 4.39 Å². The molecule has 5 heteroatoms. The lowest BCUT2D eigenvalue weighted by molar-refractivity contribution is -0.149. The van der Waals surface area contributed by atoms with Gasteiger partial charge in [0.1, 0.15) is 0 Å². The average Bonchev–Trinajstić information content (AvgIpc) is 2.76. The molecule has 0 radical (unpaired) electrons. The molecule has 0 unspecified atom stereocenters. The van der Waals surface area contributed by atoms with Gasteiger partial charge in [0, 0.05) is 32.6 Å². The van der Waals surface area contributed by atoms with Crippen LogP contribution in [0.2, 0.25) is 0 Å². The normalized spacial score (nSPS) is 34.8. The first-order chi connectivity index (χ1) is 8.01. The van der Waals surface area contributed by atoms with E-state index in [1.54, 1.807) is 16.8 Å². The zero-order valence-electron chi connectivity index (χ0n) is 9.99. The Labute approximate surface area is 99.7 Å². The molecule has 1 aliphatic carbocycles. The van der Waals surface area contributed by atoms with Crippen molar-refractivity contribution in [3.8, 4) is 0 Å². The summed E-state index contributed by atoms with van der Waals surface area (Å²) in [5, 5.41) is 0. The Hall–Kier alpha value is -1.13. The van der Waals surface area contributed by atoms with Crippen molar-refractivity contribution in [2.24, 2.45) is 11.8 Å². The van der Waals surface area contributed by atoms with E-state index >= 15 is 0 Å². The van der Waals surface area contributed by atoms with Crippen LogP contribution in [-0.2, 0) is 9.59 Å². The highest BCUT2D eigenvalue weighted by Gasteiger charge is 2.52. The maximum absolute atomic E-state index is 14.0. The molecule has 0 N–H and O–H groups in total. The molecule has 4 nitrogen and oxygen atoms in total. The lowest BCUT2D eigenvalue weighted by Crippen LogP contribution is -2.50. The fourth-order valence-electron chi connectivity index (χ4n) is 3.21. The molecular formula is C12H17FN2O2. The van der Waals surface area contributed by atoms with Gasteiger partial charge in [0.2, 0.25) is 5.91 Å². The van der Waals surface area contributed by atoms with Crippen LogP contribution in [-0.4, -0.2) is 54.0 Å². The third-order valence-electron chi connectivity index (χ3n) is 4.46. The van der Waals surface area contributed by atoms with Gasteiger partial charge in [0.25, 0.3) is 5.91 Å². The quantitative estimate of drug-likeness (QED) is 0.666. The number of amides is 2. The van der Waals surface area contributed by atoms with E-state index < -0.39 is 5.67 Å². The largest absolute Gasteiger partial charge is 0.345 e. The highest BCUT2D eigenvalue weighted by Crippen LogP contribution is 2.40. The Balaban J connectivity index is 1.69. The highest BCUT2D eigenvalue weighted by molar-refractivity contribution is 5.88. The molecule has 0 aromatic heterocycles. The Kier molecular flexibility index (Phi) is 2.22. The minimum Gasteiger partial charge on any atom is -0.345 e. The molecule has 0 bridgehead atoms. The maximum Gasteiger partial charge on any atom is 0.260 e. The molecule has 0 spiro atoms. The maximum atomic E-state index is 14.0. The van der Waals surface area contributed by atoms with Gasteiger partial charge in [-0.3, -0.25) is 9.59 Å². The summed E-state index contributed by atoms with van der Waals surface area (Å²) in [6, 6.07) is 0. The number of carbonyl (C=O) groups is 2. The van der Waals surface area contributed by atoms with Crippen LogP contribution in [0.5, 0.6) is 0 Å². The second kappa shape index (κ2) is 3.43. The monoisotopic (exact) mass is 240 g/mol. The number of likely N-dealkylation sites (tertiary alicyclic amines) is 2. The van der Waals surface area contributed by atoms with E-state index in [9.17, 15) is 14.0 Å². The number of rotatable bonds is 1. The molecular weight excluding hydrogens is 223 g/mol. The minimum absolute atomic E-state index is 0.0902. The molecule has 94 valence electrons. The van der Waals surface area contributed by atoms with Crippen LogP contribution >= 0.6 is 0 Å². The summed E-state index contributed by atoms with van der Waals surface area (Å²) in [7, 11) is 1.79. The van der Waals surface area contributed by atoms with Gasteiger partial charge in [-0.25, -0.2) is 4.39 Å². The standard InChI is InChI=1S/C12H17FN2O2/c1-14-5-8-6-15(7-9(8)10(14)16)11(17)12(13)3-2-4-12/h8-9H,2-7H2,1H3/t8-,9+/m1/s1. The summed E-state index contributed by atoms with van der Waals surface area (Å²) in [5.41, 5.74) is -1.62. The lowest BCUT2D eigenvalue weighted by Gasteiger charge is -2.35. The van der Waals surface area contributed by atoms with Crippen LogP contribution in [0, 0.1) is 11.8 Å². The van der Waals surface area contributed by atoms with Crippen molar-refractivity contribution in [3.05, 3.63) is 0 Å². The van der Waals surface area contributed by atoms with Gasteiger partial charge >= 0.3 is 0 Å². The Morgan fingerprint density at radius 3 is 2.59 bits per heavy atom. The number of alkyl halides is 1. The molecule has 1 saturated carbocycles. The number of nitrogens with zero attached hydrogens (tertiary/aromatic N) is 2. The highest BCUT2D eigenvalue weighted by atomic mass is 19.1. The zero-order valence-corrected chi connectivity index (χ0v) is 9.99. The zero-order chi connectivity index (χ0) is 12.2. The average molecular weight is 240 g/mol. The van der Waals surface area contributed by atoms with E-state index in [0.717, 1.165) is 6.42 Å². The smallest absolute Gasteiger partial charge is 0.260 e. The second-order valence-corrected chi connectivity index (χ2v) is 5.61. The summed E-state index contributed by atoms with van der Waals surface area (Å²) in [4.78, 5) is 27.1. The van der Waals surface area contributed by atoms with Crippen molar-refractivity contribution in [3.63, 3.8) is 0 Å². The van der Waals surface area contributed by atoms with Crippen molar-refractivity contribution in [2.75, 3.05) is 26.7 Å². The van der Waals surface area contributed by atoms with Crippen molar-refractivity contribution >= 4 is 11.8 Å². The Morgan fingerprint density at radius 1 is 1.35 bits per heavy atom. The van der Waals surface area contributed by atoms with Crippen LogP contribution < -0.4 is 0 Å². The predicted molar refractivity (Wildman–Crippen MR) is 58.9 cm³/mol. The number of hydrogen-bond donors (Lipinski definition) is 0. The van der Waals surface area contributed by atoms with Gasteiger partial charge in [-0.1, -0.05) is 0 Å². The van der Waals surface area contributed by atoms with E-state index in [-0.39, 0.29) is 23.7 Å². The molecule has 17 heavy (non-hydrogen) atoms. The molecule has 2 aliphatic heterocycles. The van der Waals surface area contributed by atoms with E-state index in [2.05, 4.69) is 0 Å². The predicted octanol–water partition coefficient (Wildman–Crippen LogP) is 0.425. The van der Waals surface area contributed by atoms with Crippen molar-refractivity contribution in [2.45, 2.75) is 24.9 Å². The third kappa shape index (κ3) is 1.47. The van der Waals surface area contributed by atoms with Crippen LogP contribution in [0.1, 0.15) is 19.3 Å². The molecule has 3 aliphatic rings. The Morgan fingerprint density at radius 2 is 2.06 bits per heavy atom. The summed E-state index contributed by atoms with van der Waals surface area (Å²) in [6.07, 6.45) is 1.50. The second-order valence-electron chi connectivity index (χ2n) is 5.61. The van der Waals surface area contributed by atoms with Gasteiger partial charge in [-0.05, 0) is 19.3 Å². The lowest BCUT2D eigenvalue weighted by atomic mass is 9.81. The molecule has 2 amide bonds. The van der Waals surface area contributed by atoms with E-state index in [0.29, 0.717) is 32.5 Å². The van der Waals surface area contributed by atoms with Gasteiger partial charge in [0.05, 0.1) is 5.92 Å². The first-order valence-electron chi connectivity index (χ1n) is 6.24. The van der Waals surface area contributed by atoms with Crippen LogP contribution in [0.3, 0.4) is 0 Å². The number of hydrogen-bond acceptors (Lipinski definition) is 2. The minimum atomic E-state index is -1.62. The van der Waals surface area contributed by atoms with E-state index in [1.807, 2.05) is 0 Å². The molecule has 3 rings (SSSR count). The van der Waals surface area contributed by atoms with Crippen LogP contribution in [0.15, 0.2) is 0 Å². The summed E-state index contributed by atoms with van der Waals surface area (Å²) in [5.74, 6) is -0.159. The van der Waals surface area contributed by atoms with E-state index in [4.69, 9.17) is 0 Å². The third-order valence-corrected chi connectivity index (χ3v) is 4.46. The Bertz CT molecular complexity index is 381. The fraction of sp³-hybridized carbons (Fsp3) is 0.833. The molecule has 2 atom stereocenters. The topological polar surface area (TPSA) is 40.6 Å². The summed E-state index contributed by atoms with van der Waals surface area (Å²) in [6.45, 7) is 1.66. The van der Waals surface area contributed by atoms with Crippen molar-refractivity contribution in [1.29, 1.82) is 0 Å². The molecule has 0 aromatic rings. The van der Waals surface area contributed by atoms with Gasteiger partial charge < -0.3 is 9.80 Å². The van der Waals surface area contributed by atoms with Crippen molar-refractivity contribution in [1.82, 2.24) is 9.80 Å². The first-order valence-corrected chi connectivity index (χ1v) is 6.24. The number of halogens is 1. The SMILES string of the molecule is CN1C[C@@H]2CN(C(=O)C3(F)CCC3)C[C@@H]2C1=O. The van der Waals surface area contributed by atoms with E-state index in [1.165, 1.54) is 0 Å². The van der Waals surface area contributed by atoms with Crippen LogP contribution in [0.25, 0.3) is 0 Å². The molecule has 2 saturated heterocycles. The van der Waals surface area contributed by atoms with Gasteiger partial charge in [0.15, 0.2) is 5.67 Å². The summed E-state index contributed by atoms with van der Waals surface area (Å²) < 4.78 is 14.0. The fourth-order valence-corrected chi connectivity index (χ4v) is 3.21.